The van der Waals surface area contributed by atoms with Gasteiger partial charge in [0.05, 0.1) is 0 Å². The topological polar surface area (TPSA) is 123 Å². The number of amides is 2. The molecule has 1 fully saturated rings. The van der Waals surface area contributed by atoms with Gasteiger partial charge in [0.15, 0.2) is 5.96 Å². The first kappa shape index (κ1) is 21.1. The highest BCUT2D eigenvalue weighted by molar-refractivity contribution is 6.05. The largest absolute Gasteiger partial charge is 0.370 e. The van der Waals surface area contributed by atoms with Gasteiger partial charge in [-0.2, -0.15) is 0 Å². The number of nitrogens with zero attached hydrogens (tertiary/aromatic N) is 1. The van der Waals surface area contributed by atoms with Crippen LogP contribution in [0.15, 0.2) is 29.3 Å². The smallest absolute Gasteiger partial charge is 0.235 e. The van der Waals surface area contributed by atoms with Crippen LogP contribution < -0.4 is 22.1 Å². The molecule has 0 heterocycles. The fourth-order valence-corrected chi connectivity index (χ4v) is 4.55. The summed E-state index contributed by atoms with van der Waals surface area (Å²) >= 11 is 0. The van der Waals surface area contributed by atoms with E-state index in [0.29, 0.717) is 38.4 Å². The SMILES string of the molecule is NC(N)=NCCCCNC(=O)C1(C(=O)NCC2Cc3ccccc3C2)CCCC1. The van der Waals surface area contributed by atoms with Gasteiger partial charge in [-0.05, 0) is 55.6 Å². The summed E-state index contributed by atoms with van der Waals surface area (Å²) < 4.78 is 0. The predicted octanol–water partition coefficient (Wildman–Crippen LogP) is 1.25. The molecule has 2 aliphatic rings. The van der Waals surface area contributed by atoms with E-state index in [4.69, 9.17) is 11.5 Å². The quantitative estimate of drug-likeness (QED) is 0.216. The molecular weight excluding hydrogens is 366 g/mol. The number of nitrogens with one attached hydrogen (secondary N) is 2. The summed E-state index contributed by atoms with van der Waals surface area (Å²) in [6, 6.07) is 8.45. The van der Waals surface area contributed by atoms with Crippen LogP contribution in [0.3, 0.4) is 0 Å². The van der Waals surface area contributed by atoms with Crippen LogP contribution in [0.2, 0.25) is 0 Å². The molecule has 3 rings (SSSR count). The van der Waals surface area contributed by atoms with Crippen LogP contribution in [0, 0.1) is 11.3 Å². The van der Waals surface area contributed by atoms with Gasteiger partial charge in [0.2, 0.25) is 11.8 Å². The van der Waals surface area contributed by atoms with Gasteiger partial charge in [-0.15, -0.1) is 0 Å². The van der Waals surface area contributed by atoms with Crippen molar-refractivity contribution in [2.45, 2.75) is 51.4 Å². The Labute approximate surface area is 172 Å². The molecule has 0 bridgehead atoms. The van der Waals surface area contributed by atoms with E-state index in [1.807, 2.05) is 0 Å². The van der Waals surface area contributed by atoms with Gasteiger partial charge >= 0.3 is 0 Å². The van der Waals surface area contributed by atoms with Crippen molar-refractivity contribution in [3.05, 3.63) is 35.4 Å². The van der Waals surface area contributed by atoms with Crippen LogP contribution in [-0.2, 0) is 22.4 Å². The maximum absolute atomic E-state index is 13.0. The molecule has 29 heavy (non-hydrogen) atoms. The van der Waals surface area contributed by atoms with Crippen molar-refractivity contribution in [2.75, 3.05) is 19.6 Å². The van der Waals surface area contributed by atoms with Crippen molar-refractivity contribution < 1.29 is 9.59 Å². The lowest BCUT2D eigenvalue weighted by Gasteiger charge is -2.27. The normalized spacial score (nSPS) is 17.5. The van der Waals surface area contributed by atoms with E-state index < -0.39 is 5.41 Å². The molecule has 7 nitrogen and oxygen atoms in total. The molecular formula is C22H33N5O2. The third-order valence-corrected chi connectivity index (χ3v) is 6.18. The first-order chi connectivity index (χ1) is 14.0. The number of hydrogen-bond donors (Lipinski definition) is 4. The van der Waals surface area contributed by atoms with Crippen LogP contribution in [-0.4, -0.2) is 37.4 Å². The van der Waals surface area contributed by atoms with E-state index in [2.05, 4.69) is 39.9 Å². The summed E-state index contributed by atoms with van der Waals surface area (Å²) in [5.74, 6) is 0.252. The zero-order chi connectivity index (χ0) is 20.7. The second-order valence-electron chi connectivity index (χ2n) is 8.31. The zero-order valence-electron chi connectivity index (χ0n) is 17.1. The van der Waals surface area contributed by atoms with Crippen molar-refractivity contribution in [1.29, 1.82) is 0 Å². The minimum Gasteiger partial charge on any atom is -0.370 e. The molecule has 1 saturated carbocycles. The van der Waals surface area contributed by atoms with E-state index in [1.54, 1.807) is 0 Å². The summed E-state index contributed by atoms with van der Waals surface area (Å²) in [7, 11) is 0. The Balaban J connectivity index is 1.47. The highest BCUT2D eigenvalue weighted by Gasteiger charge is 2.47. The third-order valence-electron chi connectivity index (χ3n) is 6.18. The molecule has 0 atom stereocenters. The molecule has 0 spiro atoms. The Morgan fingerprint density at radius 1 is 1.00 bits per heavy atom. The van der Waals surface area contributed by atoms with Gasteiger partial charge in [0.1, 0.15) is 5.41 Å². The molecule has 2 aliphatic carbocycles. The van der Waals surface area contributed by atoms with Crippen LogP contribution in [0.1, 0.15) is 49.7 Å². The van der Waals surface area contributed by atoms with Crippen molar-refractivity contribution in [3.63, 3.8) is 0 Å². The van der Waals surface area contributed by atoms with Gasteiger partial charge in [-0.1, -0.05) is 37.1 Å². The number of hydrogen-bond acceptors (Lipinski definition) is 3. The number of fused-ring (bicyclic) bond motifs is 1. The van der Waals surface area contributed by atoms with Crippen molar-refractivity contribution >= 4 is 17.8 Å². The predicted molar refractivity (Wildman–Crippen MR) is 114 cm³/mol. The van der Waals surface area contributed by atoms with Crippen molar-refractivity contribution in [2.24, 2.45) is 27.8 Å². The fraction of sp³-hybridized carbons (Fsp3) is 0.591. The Bertz CT molecular complexity index is 726. The minimum absolute atomic E-state index is 0.0842. The molecule has 1 aromatic carbocycles. The summed E-state index contributed by atoms with van der Waals surface area (Å²) in [6.07, 6.45) is 6.64. The number of unbranched alkanes of at least 4 members (excludes halogenated alkanes) is 1. The Morgan fingerprint density at radius 2 is 1.62 bits per heavy atom. The Morgan fingerprint density at radius 3 is 2.24 bits per heavy atom. The number of carbonyl (C=O) groups is 2. The zero-order valence-corrected chi connectivity index (χ0v) is 17.1. The van der Waals surface area contributed by atoms with Gasteiger partial charge in [-0.3, -0.25) is 14.6 Å². The second-order valence-corrected chi connectivity index (χ2v) is 8.31. The summed E-state index contributed by atoms with van der Waals surface area (Å²) in [6.45, 7) is 1.71. The minimum atomic E-state index is -0.911. The monoisotopic (exact) mass is 399 g/mol. The number of guanidine groups is 1. The summed E-state index contributed by atoms with van der Waals surface area (Å²) in [5, 5.41) is 6.07. The lowest BCUT2D eigenvalue weighted by molar-refractivity contribution is -0.143. The fourth-order valence-electron chi connectivity index (χ4n) is 4.55. The number of rotatable bonds is 9. The maximum atomic E-state index is 13.0. The molecule has 0 unspecified atom stereocenters. The number of carbonyl (C=O) groups excluding carboxylic acids is 2. The van der Waals surface area contributed by atoms with Gasteiger partial charge in [0, 0.05) is 19.6 Å². The maximum Gasteiger partial charge on any atom is 0.235 e. The summed E-state index contributed by atoms with van der Waals surface area (Å²) in [5.41, 5.74) is 12.4. The number of benzene rings is 1. The number of nitrogens with two attached hydrogens (primary N) is 2. The molecule has 158 valence electrons. The third kappa shape index (κ3) is 5.28. The van der Waals surface area contributed by atoms with E-state index >= 15 is 0 Å². The standard InChI is InChI=1S/C22H33N5O2/c23-21(24)26-12-6-5-11-25-19(28)22(9-3-4-10-22)20(29)27-15-16-13-17-7-1-2-8-18(17)14-16/h1-2,7-8,16H,3-6,9-15H2,(H,25,28)(H,27,29)(H4,23,24,26). The molecule has 7 heteroatoms. The highest BCUT2D eigenvalue weighted by Crippen LogP contribution is 2.39. The molecule has 0 aliphatic heterocycles. The van der Waals surface area contributed by atoms with Crippen LogP contribution >= 0.6 is 0 Å². The Kier molecular flexibility index (Phi) is 7.12. The first-order valence-electron chi connectivity index (χ1n) is 10.7. The van der Waals surface area contributed by atoms with E-state index in [9.17, 15) is 9.59 Å². The molecule has 0 aromatic heterocycles. The van der Waals surface area contributed by atoms with Gasteiger partial charge in [-0.25, -0.2) is 0 Å². The molecule has 0 saturated heterocycles. The van der Waals surface area contributed by atoms with E-state index in [0.717, 1.165) is 38.5 Å². The number of aliphatic imine (C=N–C) groups is 1. The average molecular weight is 400 g/mol. The lowest BCUT2D eigenvalue weighted by Crippen LogP contribution is -2.51. The first-order valence-corrected chi connectivity index (χ1v) is 10.7. The summed E-state index contributed by atoms with van der Waals surface area (Å²) in [4.78, 5) is 29.8. The highest BCUT2D eigenvalue weighted by atomic mass is 16.2. The molecule has 6 N–H and O–H groups in total. The molecule has 2 amide bonds. The molecule has 1 aromatic rings. The van der Waals surface area contributed by atoms with E-state index in [1.165, 1.54) is 11.1 Å². The van der Waals surface area contributed by atoms with E-state index in [-0.39, 0.29) is 17.8 Å². The van der Waals surface area contributed by atoms with Crippen LogP contribution in [0.5, 0.6) is 0 Å². The van der Waals surface area contributed by atoms with Crippen molar-refractivity contribution in [3.8, 4) is 0 Å². The van der Waals surface area contributed by atoms with Crippen LogP contribution in [0.4, 0.5) is 0 Å². The average Bonchev–Trinajstić information content (AvgIpc) is 3.36. The van der Waals surface area contributed by atoms with Crippen LogP contribution in [0.25, 0.3) is 0 Å². The Hall–Kier alpha value is -2.57. The van der Waals surface area contributed by atoms with Gasteiger partial charge < -0.3 is 22.1 Å². The van der Waals surface area contributed by atoms with Crippen molar-refractivity contribution in [1.82, 2.24) is 10.6 Å². The molecule has 0 radical (unpaired) electrons. The van der Waals surface area contributed by atoms with Gasteiger partial charge in [0.25, 0.3) is 0 Å². The lowest BCUT2D eigenvalue weighted by atomic mass is 9.83. The second kappa shape index (κ2) is 9.76.